The standard InChI is InChI=1S/C9H4Br2OS2/c10-5-3-4-13-9(5)8(12)6-1-2-7(11)14-6/h1-4H. The molecule has 0 aliphatic rings. The van der Waals surface area contributed by atoms with Crippen molar-refractivity contribution in [3.63, 3.8) is 0 Å². The van der Waals surface area contributed by atoms with Crippen LogP contribution in [-0.2, 0) is 0 Å². The molecule has 5 heteroatoms. The number of ketones is 1. The van der Waals surface area contributed by atoms with Gasteiger partial charge in [0.1, 0.15) is 0 Å². The molecule has 72 valence electrons. The highest BCUT2D eigenvalue weighted by Crippen LogP contribution is 2.29. The molecule has 0 aliphatic carbocycles. The van der Waals surface area contributed by atoms with E-state index in [1.54, 1.807) is 0 Å². The summed E-state index contributed by atoms with van der Waals surface area (Å²) in [6, 6.07) is 5.61. The largest absolute Gasteiger partial charge is 0.287 e. The average Bonchev–Trinajstić information content (AvgIpc) is 2.73. The van der Waals surface area contributed by atoms with E-state index in [2.05, 4.69) is 31.9 Å². The second-order valence-corrected chi connectivity index (χ2v) is 6.76. The molecule has 0 atom stereocenters. The lowest BCUT2D eigenvalue weighted by Gasteiger charge is -1.93. The lowest BCUT2D eigenvalue weighted by Crippen LogP contribution is -1.95. The third-order valence-electron chi connectivity index (χ3n) is 1.62. The SMILES string of the molecule is O=C(c1ccc(Br)s1)c1sccc1Br. The Kier molecular flexibility index (Phi) is 3.21. The van der Waals surface area contributed by atoms with Crippen LogP contribution in [0.3, 0.4) is 0 Å². The Morgan fingerprint density at radius 2 is 2.00 bits per heavy atom. The minimum Gasteiger partial charge on any atom is -0.287 e. The van der Waals surface area contributed by atoms with Crippen molar-refractivity contribution in [2.24, 2.45) is 0 Å². The van der Waals surface area contributed by atoms with Crippen LogP contribution < -0.4 is 0 Å². The molecule has 2 aromatic rings. The van der Waals surface area contributed by atoms with Crippen molar-refractivity contribution in [2.45, 2.75) is 0 Å². The molecule has 0 bridgehead atoms. The summed E-state index contributed by atoms with van der Waals surface area (Å²) >= 11 is 9.61. The van der Waals surface area contributed by atoms with E-state index in [9.17, 15) is 4.79 Å². The normalized spacial score (nSPS) is 10.4. The Morgan fingerprint density at radius 3 is 2.50 bits per heavy atom. The van der Waals surface area contributed by atoms with Crippen molar-refractivity contribution < 1.29 is 4.79 Å². The first-order valence-corrected chi connectivity index (χ1v) is 7.00. The highest BCUT2D eigenvalue weighted by molar-refractivity contribution is 9.11. The molecule has 2 aromatic heterocycles. The molecule has 0 amide bonds. The van der Waals surface area contributed by atoms with E-state index >= 15 is 0 Å². The van der Waals surface area contributed by atoms with Crippen LogP contribution in [0.15, 0.2) is 31.8 Å². The van der Waals surface area contributed by atoms with Gasteiger partial charge in [0, 0.05) is 4.47 Å². The summed E-state index contributed by atoms with van der Waals surface area (Å²) in [4.78, 5) is 13.4. The van der Waals surface area contributed by atoms with E-state index in [4.69, 9.17) is 0 Å². The molecule has 2 rings (SSSR count). The first kappa shape index (κ1) is 10.5. The van der Waals surface area contributed by atoms with Gasteiger partial charge in [-0.15, -0.1) is 22.7 Å². The van der Waals surface area contributed by atoms with Gasteiger partial charge in [-0.25, -0.2) is 0 Å². The summed E-state index contributed by atoms with van der Waals surface area (Å²) in [6.07, 6.45) is 0. The third-order valence-corrected chi connectivity index (χ3v) is 5.08. The molecule has 2 heterocycles. The molecule has 0 spiro atoms. The Bertz CT molecular complexity index is 473. The van der Waals surface area contributed by atoms with Gasteiger partial charge in [0.05, 0.1) is 13.5 Å². The summed E-state index contributed by atoms with van der Waals surface area (Å²) in [5.74, 6) is 0.0857. The Labute approximate surface area is 106 Å². The van der Waals surface area contributed by atoms with Crippen LogP contribution in [0.5, 0.6) is 0 Å². The molecule has 0 N–H and O–H groups in total. The van der Waals surface area contributed by atoms with Crippen molar-refractivity contribution in [2.75, 3.05) is 0 Å². The Morgan fingerprint density at radius 1 is 1.21 bits per heavy atom. The molecule has 0 radical (unpaired) electrons. The zero-order valence-corrected chi connectivity index (χ0v) is 11.6. The smallest absolute Gasteiger partial charge is 0.214 e. The molecule has 1 nitrogen and oxygen atoms in total. The summed E-state index contributed by atoms with van der Waals surface area (Å²) in [6.45, 7) is 0. The van der Waals surface area contributed by atoms with Gasteiger partial charge in [0.15, 0.2) is 0 Å². The van der Waals surface area contributed by atoms with Crippen molar-refractivity contribution in [3.8, 4) is 0 Å². The summed E-state index contributed by atoms with van der Waals surface area (Å²) in [5, 5.41) is 1.90. The van der Waals surface area contributed by atoms with Gasteiger partial charge in [0.2, 0.25) is 5.78 Å². The van der Waals surface area contributed by atoms with Crippen LogP contribution in [0.25, 0.3) is 0 Å². The molecule has 0 aliphatic heterocycles. The van der Waals surface area contributed by atoms with Crippen LogP contribution in [0, 0.1) is 0 Å². The number of rotatable bonds is 2. The molecule has 0 unspecified atom stereocenters. The van der Waals surface area contributed by atoms with Gasteiger partial charge in [-0.1, -0.05) is 0 Å². The van der Waals surface area contributed by atoms with E-state index < -0.39 is 0 Å². The molecule has 0 saturated carbocycles. The van der Waals surface area contributed by atoms with Crippen LogP contribution in [0.4, 0.5) is 0 Å². The van der Waals surface area contributed by atoms with E-state index in [0.717, 1.165) is 18.0 Å². The highest BCUT2D eigenvalue weighted by Gasteiger charge is 2.15. The predicted molar refractivity (Wildman–Crippen MR) is 67.5 cm³/mol. The summed E-state index contributed by atoms with van der Waals surface area (Å²) < 4.78 is 1.85. The first-order chi connectivity index (χ1) is 6.68. The van der Waals surface area contributed by atoms with E-state index in [1.165, 1.54) is 22.7 Å². The lowest BCUT2D eigenvalue weighted by atomic mass is 10.3. The minimum absolute atomic E-state index is 0.0857. The number of hydrogen-bond acceptors (Lipinski definition) is 3. The van der Waals surface area contributed by atoms with Gasteiger partial charge < -0.3 is 0 Å². The fourth-order valence-electron chi connectivity index (χ4n) is 1.00. The number of hydrogen-bond donors (Lipinski definition) is 0. The van der Waals surface area contributed by atoms with Gasteiger partial charge in [-0.2, -0.15) is 0 Å². The zero-order chi connectivity index (χ0) is 10.1. The number of halogens is 2. The molecular weight excluding hydrogens is 348 g/mol. The molecular formula is C9H4Br2OS2. The lowest BCUT2D eigenvalue weighted by molar-refractivity contribution is 0.104. The number of carbonyl (C=O) groups is 1. The summed E-state index contributed by atoms with van der Waals surface area (Å²) in [5.41, 5.74) is 0. The van der Waals surface area contributed by atoms with E-state index in [1.807, 2.05) is 23.6 Å². The molecule has 0 fully saturated rings. The van der Waals surface area contributed by atoms with Crippen LogP contribution in [-0.4, -0.2) is 5.78 Å². The maximum atomic E-state index is 11.9. The molecule has 14 heavy (non-hydrogen) atoms. The molecule has 0 aromatic carbocycles. The minimum atomic E-state index is 0.0857. The fraction of sp³-hybridized carbons (Fsp3) is 0. The van der Waals surface area contributed by atoms with Crippen LogP contribution in [0.1, 0.15) is 14.5 Å². The predicted octanol–water partition coefficient (Wildman–Crippen LogP) is 4.57. The number of thiophene rings is 2. The second-order valence-electron chi connectivity index (χ2n) is 2.53. The van der Waals surface area contributed by atoms with Gasteiger partial charge in [-0.3, -0.25) is 4.79 Å². The van der Waals surface area contributed by atoms with E-state index in [0.29, 0.717) is 0 Å². The zero-order valence-electron chi connectivity index (χ0n) is 6.79. The molecule has 0 saturated heterocycles. The first-order valence-electron chi connectivity index (χ1n) is 3.71. The van der Waals surface area contributed by atoms with Crippen molar-refractivity contribution in [1.29, 1.82) is 0 Å². The second kappa shape index (κ2) is 4.26. The third kappa shape index (κ3) is 2.00. The Hall–Kier alpha value is 0.0300. The van der Waals surface area contributed by atoms with Gasteiger partial charge in [-0.05, 0) is 55.4 Å². The quantitative estimate of drug-likeness (QED) is 0.724. The Balaban J connectivity index is 2.38. The number of carbonyl (C=O) groups excluding carboxylic acids is 1. The maximum absolute atomic E-state index is 11.9. The van der Waals surface area contributed by atoms with Crippen molar-refractivity contribution >= 4 is 60.3 Å². The van der Waals surface area contributed by atoms with Crippen molar-refractivity contribution in [1.82, 2.24) is 0 Å². The van der Waals surface area contributed by atoms with Crippen molar-refractivity contribution in [3.05, 3.63) is 41.6 Å². The highest BCUT2D eigenvalue weighted by atomic mass is 79.9. The van der Waals surface area contributed by atoms with Gasteiger partial charge in [0.25, 0.3) is 0 Å². The monoisotopic (exact) mass is 350 g/mol. The van der Waals surface area contributed by atoms with E-state index in [-0.39, 0.29) is 5.78 Å². The maximum Gasteiger partial charge on any atom is 0.214 e. The van der Waals surface area contributed by atoms with Gasteiger partial charge >= 0.3 is 0 Å². The summed E-state index contributed by atoms with van der Waals surface area (Å²) in [7, 11) is 0. The topological polar surface area (TPSA) is 17.1 Å². The van der Waals surface area contributed by atoms with Crippen LogP contribution >= 0.6 is 54.5 Å². The average molecular weight is 352 g/mol. The van der Waals surface area contributed by atoms with Crippen LogP contribution in [0.2, 0.25) is 0 Å². The fourth-order valence-corrected chi connectivity index (χ4v) is 3.91.